The third-order valence-electron chi connectivity index (χ3n) is 5.26. The number of hydrogen-bond donors (Lipinski definition) is 2. The van der Waals surface area contributed by atoms with Gasteiger partial charge in [0.05, 0.1) is 17.6 Å². The fourth-order valence-electron chi connectivity index (χ4n) is 3.97. The van der Waals surface area contributed by atoms with Crippen molar-refractivity contribution in [2.24, 2.45) is 0 Å². The molecule has 2 fully saturated rings. The van der Waals surface area contributed by atoms with Crippen LogP contribution in [0.5, 0.6) is 0 Å². The molecule has 2 saturated carbocycles. The van der Waals surface area contributed by atoms with Gasteiger partial charge in [-0.1, -0.05) is 56.0 Å². The highest BCUT2D eigenvalue weighted by atomic mass is 16.3. The highest BCUT2D eigenvalue weighted by molar-refractivity contribution is 5.88. The van der Waals surface area contributed by atoms with E-state index in [9.17, 15) is 9.90 Å². The summed E-state index contributed by atoms with van der Waals surface area (Å²) >= 11 is 0. The van der Waals surface area contributed by atoms with Gasteiger partial charge in [-0.05, 0) is 31.2 Å². The minimum Gasteiger partial charge on any atom is -0.391 e. The number of carbonyl (C=O) groups excluding carboxylic acids is 1. The van der Waals surface area contributed by atoms with Gasteiger partial charge < -0.3 is 10.4 Å². The molecule has 1 amide bonds. The number of nitrogens with one attached hydrogen (secondary N) is 1. The molecule has 1 aromatic carbocycles. The van der Waals surface area contributed by atoms with Gasteiger partial charge in [-0.3, -0.25) is 4.79 Å². The van der Waals surface area contributed by atoms with Crippen molar-refractivity contribution in [1.29, 1.82) is 0 Å². The summed E-state index contributed by atoms with van der Waals surface area (Å²) < 4.78 is 0. The summed E-state index contributed by atoms with van der Waals surface area (Å²) in [6.45, 7) is 0. The first-order valence-corrected chi connectivity index (χ1v) is 8.27. The molecule has 0 spiro atoms. The van der Waals surface area contributed by atoms with Crippen molar-refractivity contribution in [2.75, 3.05) is 0 Å². The number of rotatable bonds is 3. The van der Waals surface area contributed by atoms with E-state index in [1.54, 1.807) is 0 Å². The standard InChI is InChI=1S/C18H25NO2/c20-16-11-5-4-10-15(16)19-17(21)18(12-6-7-13-18)14-8-2-1-3-9-14/h1-3,8-9,15-16,20H,4-7,10-13H2,(H,19,21). The molecule has 0 aliphatic heterocycles. The maximum atomic E-state index is 13.0. The van der Waals surface area contributed by atoms with E-state index in [0.29, 0.717) is 0 Å². The van der Waals surface area contributed by atoms with E-state index >= 15 is 0 Å². The van der Waals surface area contributed by atoms with Crippen LogP contribution in [0.15, 0.2) is 30.3 Å². The average Bonchev–Trinajstić information content (AvgIpc) is 3.01. The van der Waals surface area contributed by atoms with Crippen molar-refractivity contribution in [3.8, 4) is 0 Å². The average molecular weight is 287 g/mol. The lowest BCUT2D eigenvalue weighted by Crippen LogP contribution is -2.51. The second kappa shape index (κ2) is 6.18. The van der Waals surface area contributed by atoms with Gasteiger partial charge in [-0.15, -0.1) is 0 Å². The van der Waals surface area contributed by atoms with Crippen molar-refractivity contribution < 1.29 is 9.90 Å². The van der Waals surface area contributed by atoms with Gasteiger partial charge in [0.25, 0.3) is 0 Å². The SMILES string of the molecule is O=C(NC1CCCCC1O)C1(c2ccccc2)CCCC1. The van der Waals surface area contributed by atoms with Gasteiger partial charge in [0, 0.05) is 0 Å². The number of aliphatic hydroxyl groups is 1. The summed E-state index contributed by atoms with van der Waals surface area (Å²) in [5, 5.41) is 13.3. The van der Waals surface area contributed by atoms with Crippen molar-refractivity contribution in [3.63, 3.8) is 0 Å². The first kappa shape index (κ1) is 14.6. The summed E-state index contributed by atoms with van der Waals surface area (Å²) in [7, 11) is 0. The van der Waals surface area contributed by atoms with Crippen LogP contribution in [0.1, 0.15) is 56.9 Å². The Morgan fingerprint density at radius 2 is 1.71 bits per heavy atom. The zero-order valence-corrected chi connectivity index (χ0v) is 12.6. The lowest BCUT2D eigenvalue weighted by atomic mass is 9.77. The van der Waals surface area contributed by atoms with E-state index in [0.717, 1.165) is 56.9 Å². The highest BCUT2D eigenvalue weighted by Crippen LogP contribution is 2.41. The first-order chi connectivity index (χ1) is 10.2. The Morgan fingerprint density at radius 1 is 1.05 bits per heavy atom. The molecule has 3 nitrogen and oxygen atoms in total. The van der Waals surface area contributed by atoms with E-state index < -0.39 is 0 Å². The monoisotopic (exact) mass is 287 g/mol. The fraction of sp³-hybridized carbons (Fsp3) is 0.611. The molecule has 0 heterocycles. The summed E-state index contributed by atoms with van der Waals surface area (Å²) in [5.74, 6) is 0.122. The van der Waals surface area contributed by atoms with Crippen LogP contribution in [0, 0.1) is 0 Å². The molecule has 21 heavy (non-hydrogen) atoms. The molecule has 3 heteroatoms. The Hall–Kier alpha value is -1.35. The minimum atomic E-state index is -0.378. The van der Waals surface area contributed by atoms with Crippen molar-refractivity contribution >= 4 is 5.91 Å². The Kier molecular flexibility index (Phi) is 4.29. The maximum absolute atomic E-state index is 13.0. The second-order valence-corrected chi connectivity index (χ2v) is 6.59. The van der Waals surface area contributed by atoms with Crippen molar-refractivity contribution in [3.05, 3.63) is 35.9 Å². The largest absolute Gasteiger partial charge is 0.391 e. The number of aliphatic hydroxyl groups excluding tert-OH is 1. The van der Waals surface area contributed by atoms with Crippen LogP contribution in [0.2, 0.25) is 0 Å². The van der Waals surface area contributed by atoms with Gasteiger partial charge in [0.1, 0.15) is 0 Å². The smallest absolute Gasteiger partial charge is 0.230 e. The normalized spacial score (nSPS) is 28.2. The Bertz CT molecular complexity index is 479. The molecule has 2 N–H and O–H groups in total. The van der Waals surface area contributed by atoms with Crippen LogP contribution in [0.3, 0.4) is 0 Å². The Morgan fingerprint density at radius 3 is 2.38 bits per heavy atom. The molecular formula is C18H25NO2. The molecule has 1 aromatic rings. The molecular weight excluding hydrogens is 262 g/mol. The summed E-state index contributed by atoms with van der Waals surface area (Å²) in [5.41, 5.74) is 0.753. The number of benzene rings is 1. The van der Waals surface area contributed by atoms with Crippen molar-refractivity contribution in [2.45, 2.75) is 68.9 Å². The van der Waals surface area contributed by atoms with Crippen LogP contribution in [-0.2, 0) is 10.2 Å². The first-order valence-electron chi connectivity index (χ1n) is 8.27. The fourth-order valence-corrected chi connectivity index (χ4v) is 3.97. The van der Waals surface area contributed by atoms with Gasteiger partial charge in [0.15, 0.2) is 0 Å². The highest BCUT2D eigenvalue weighted by Gasteiger charge is 2.43. The molecule has 2 atom stereocenters. The topological polar surface area (TPSA) is 49.3 Å². The van der Waals surface area contributed by atoms with Gasteiger partial charge in [0.2, 0.25) is 5.91 Å². The molecule has 2 unspecified atom stereocenters. The molecule has 3 rings (SSSR count). The maximum Gasteiger partial charge on any atom is 0.230 e. The zero-order chi connectivity index (χ0) is 14.7. The molecule has 0 radical (unpaired) electrons. The van der Waals surface area contributed by atoms with Crippen LogP contribution in [0.25, 0.3) is 0 Å². The number of hydrogen-bond acceptors (Lipinski definition) is 2. The number of amides is 1. The van der Waals surface area contributed by atoms with E-state index in [2.05, 4.69) is 17.4 Å². The number of carbonyl (C=O) groups is 1. The summed E-state index contributed by atoms with van der Waals surface area (Å²) in [4.78, 5) is 13.0. The molecule has 2 aliphatic carbocycles. The van der Waals surface area contributed by atoms with E-state index in [1.807, 2.05) is 18.2 Å². The third-order valence-corrected chi connectivity index (χ3v) is 5.26. The van der Waals surface area contributed by atoms with Crippen LogP contribution in [-0.4, -0.2) is 23.2 Å². The molecule has 0 bridgehead atoms. The second-order valence-electron chi connectivity index (χ2n) is 6.59. The Labute approximate surface area is 126 Å². The van der Waals surface area contributed by atoms with Gasteiger partial charge in [-0.25, -0.2) is 0 Å². The van der Waals surface area contributed by atoms with E-state index in [-0.39, 0.29) is 23.5 Å². The van der Waals surface area contributed by atoms with E-state index in [4.69, 9.17) is 0 Å². The van der Waals surface area contributed by atoms with Gasteiger partial charge in [-0.2, -0.15) is 0 Å². The Balaban J connectivity index is 1.79. The lowest BCUT2D eigenvalue weighted by molar-refractivity contribution is -0.128. The lowest BCUT2D eigenvalue weighted by Gasteiger charge is -2.34. The van der Waals surface area contributed by atoms with Gasteiger partial charge >= 0.3 is 0 Å². The predicted molar refractivity (Wildman–Crippen MR) is 83.0 cm³/mol. The molecule has 114 valence electrons. The molecule has 0 aromatic heterocycles. The quantitative estimate of drug-likeness (QED) is 0.898. The zero-order valence-electron chi connectivity index (χ0n) is 12.6. The minimum absolute atomic E-state index is 0.0626. The summed E-state index contributed by atoms with van der Waals surface area (Å²) in [6.07, 6.45) is 7.55. The summed E-state index contributed by atoms with van der Waals surface area (Å²) in [6, 6.07) is 10.1. The van der Waals surface area contributed by atoms with Crippen LogP contribution in [0.4, 0.5) is 0 Å². The van der Waals surface area contributed by atoms with Crippen molar-refractivity contribution in [1.82, 2.24) is 5.32 Å². The van der Waals surface area contributed by atoms with E-state index in [1.165, 1.54) is 0 Å². The molecule has 0 saturated heterocycles. The predicted octanol–water partition coefficient (Wildman–Crippen LogP) is 2.92. The van der Waals surface area contributed by atoms with Crippen LogP contribution >= 0.6 is 0 Å². The third kappa shape index (κ3) is 2.84. The molecule has 2 aliphatic rings. The van der Waals surface area contributed by atoms with Crippen LogP contribution < -0.4 is 5.32 Å².